The van der Waals surface area contributed by atoms with Gasteiger partial charge in [0.15, 0.2) is 0 Å². The number of hydrogen-bond donors (Lipinski definition) is 1. The maximum atomic E-state index is 6.29. The quantitative estimate of drug-likeness (QED) is 0.904. The lowest BCUT2D eigenvalue weighted by Crippen LogP contribution is -2.38. The van der Waals surface area contributed by atoms with E-state index in [1.54, 1.807) is 0 Å². The van der Waals surface area contributed by atoms with E-state index in [1.807, 2.05) is 0 Å². The Hall–Kier alpha value is -1.06. The van der Waals surface area contributed by atoms with Crippen LogP contribution in [0, 0.1) is 0 Å². The van der Waals surface area contributed by atoms with Crippen LogP contribution in [0.1, 0.15) is 37.3 Å². The minimum atomic E-state index is 0.348. The van der Waals surface area contributed by atoms with Crippen LogP contribution in [0.3, 0.4) is 0 Å². The van der Waals surface area contributed by atoms with Gasteiger partial charge in [-0.3, -0.25) is 0 Å². The van der Waals surface area contributed by atoms with Crippen LogP contribution < -0.4 is 10.1 Å². The Kier molecular flexibility index (Phi) is 4.04. The first-order valence-corrected chi connectivity index (χ1v) is 7.50. The number of para-hydroxylation sites is 1. The number of benzene rings is 1. The first kappa shape index (κ1) is 12.9. The van der Waals surface area contributed by atoms with Gasteiger partial charge in [0.1, 0.15) is 11.9 Å². The summed E-state index contributed by atoms with van der Waals surface area (Å²) in [4.78, 5) is 2.37. The topological polar surface area (TPSA) is 24.5 Å². The summed E-state index contributed by atoms with van der Waals surface area (Å²) in [6.07, 6.45) is 5.26. The van der Waals surface area contributed by atoms with Crippen molar-refractivity contribution in [2.24, 2.45) is 0 Å². The van der Waals surface area contributed by atoms with E-state index in [-0.39, 0.29) is 0 Å². The number of hydrogen-bond acceptors (Lipinski definition) is 3. The third-order valence-corrected chi connectivity index (χ3v) is 4.23. The maximum Gasteiger partial charge on any atom is 0.124 e. The molecule has 0 radical (unpaired) electrons. The van der Waals surface area contributed by atoms with Crippen molar-refractivity contribution in [1.29, 1.82) is 0 Å². The van der Waals surface area contributed by atoms with Gasteiger partial charge in [0.2, 0.25) is 0 Å². The smallest absolute Gasteiger partial charge is 0.124 e. The van der Waals surface area contributed by atoms with E-state index in [0.717, 1.165) is 18.8 Å². The van der Waals surface area contributed by atoms with E-state index in [1.165, 1.54) is 37.8 Å². The molecule has 2 heterocycles. The minimum absolute atomic E-state index is 0.348. The fourth-order valence-corrected chi connectivity index (χ4v) is 3.22. The number of rotatable bonds is 3. The SMILES string of the molecule is CN1CCCC(Oc2ccccc2C2CCCN2)C1. The highest BCUT2D eigenvalue weighted by atomic mass is 16.5. The predicted octanol–water partition coefficient (Wildman–Crippen LogP) is 2.58. The fraction of sp³-hybridized carbons (Fsp3) is 0.625. The monoisotopic (exact) mass is 260 g/mol. The highest BCUT2D eigenvalue weighted by Crippen LogP contribution is 2.32. The van der Waals surface area contributed by atoms with Crippen molar-refractivity contribution in [2.75, 3.05) is 26.7 Å². The van der Waals surface area contributed by atoms with Crippen LogP contribution >= 0.6 is 0 Å². The lowest BCUT2D eigenvalue weighted by molar-refractivity contribution is 0.103. The molecule has 3 rings (SSSR count). The second-order valence-corrected chi connectivity index (χ2v) is 5.83. The molecule has 1 N–H and O–H groups in total. The first-order chi connectivity index (χ1) is 9.33. The number of piperidine rings is 1. The van der Waals surface area contributed by atoms with Gasteiger partial charge in [0, 0.05) is 18.2 Å². The molecule has 2 unspecified atom stereocenters. The summed E-state index contributed by atoms with van der Waals surface area (Å²) in [5, 5.41) is 3.57. The molecule has 2 fully saturated rings. The third-order valence-electron chi connectivity index (χ3n) is 4.23. The summed E-state index contributed by atoms with van der Waals surface area (Å²) < 4.78 is 6.29. The maximum absolute atomic E-state index is 6.29. The molecule has 2 saturated heterocycles. The Balaban J connectivity index is 1.72. The van der Waals surface area contributed by atoms with E-state index < -0.39 is 0 Å². The molecule has 0 spiro atoms. The average molecular weight is 260 g/mol. The van der Waals surface area contributed by atoms with Crippen molar-refractivity contribution in [1.82, 2.24) is 10.2 Å². The molecule has 0 aromatic heterocycles. The number of nitrogens with one attached hydrogen (secondary N) is 1. The van der Waals surface area contributed by atoms with Crippen LogP contribution in [-0.4, -0.2) is 37.7 Å². The molecule has 1 aromatic rings. The lowest BCUT2D eigenvalue weighted by Gasteiger charge is -2.31. The second-order valence-electron chi connectivity index (χ2n) is 5.83. The van der Waals surface area contributed by atoms with Crippen LogP contribution in [-0.2, 0) is 0 Å². The Morgan fingerprint density at radius 1 is 1.21 bits per heavy atom. The van der Waals surface area contributed by atoms with Crippen molar-refractivity contribution in [2.45, 2.75) is 37.8 Å². The van der Waals surface area contributed by atoms with Gasteiger partial charge in [-0.1, -0.05) is 18.2 Å². The van der Waals surface area contributed by atoms with Crippen molar-refractivity contribution < 1.29 is 4.74 Å². The van der Waals surface area contributed by atoms with Crippen LogP contribution in [0.15, 0.2) is 24.3 Å². The van der Waals surface area contributed by atoms with Gasteiger partial charge in [-0.25, -0.2) is 0 Å². The summed E-state index contributed by atoms with van der Waals surface area (Å²) in [6, 6.07) is 9.03. The Bertz CT molecular complexity index is 415. The third kappa shape index (κ3) is 3.10. The zero-order chi connectivity index (χ0) is 13.1. The van der Waals surface area contributed by atoms with Crippen LogP contribution in [0.4, 0.5) is 0 Å². The normalized spacial score (nSPS) is 28.5. The number of ether oxygens (including phenoxy) is 1. The molecule has 1 aromatic carbocycles. The fourth-order valence-electron chi connectivity index (χ4n) is 3.22. The largest absolute Gasteiger partial charge is 0.489 e. The highest BCUT2D eigenvalue weighted by molar-refractivity contribution is 5.36. The average Bonchev–Trinajstić information content (AvgIpc) is 2.93. The van der Waals surface area contributed by atoms with Gasteiger partial charge in [0.25, 0.3) is 0 Å². The minimum Gasteiger partial charge on any atom is -0.489 e. The second kappa shape index (κ2) is 5.93. The number of likely N-dealkylation sites (tertiary alicyclic amines) is 1. The summed E-state index contributed by atoms with van der Waals surface area (Å²) in [5.74, 6) is 1.09. The molecule has 2 atom stereocenters. The van der Waals surface area contributed by atoms with E-state index in [9.17, 15) is 0 Å². The molecule has 3 nitrogen and oxygen atoms in total. The van der Waals surface area contributed by atoms with Crippen LogP contribution in [0.25, 0.3) is 0 Å². The van der Waals surface area contributed by atoms with Gasteiger partial charge >= 0.3 is 0 Å². The lowest BCUT2D eigenvalue weighted by atomic mass is 10.0. The van der Waals surface area contributed by atoms with Crippen molar-refractivity contribution in [3.05, 3.63) is 29.8 Å². The van der Waals surface area contributed by atoms with Gasteiger partial charge < -0.3 is 15.0 Å². The molecule has 0 bridgehead atoms. The molecule has 104 valence electrons. The van der Waals surface area contributed by atoms with Crippen molar-refractivity contribution >= 4 is 0 Å². The van der Waals surface area contributed by atoms with E-state index in [0.29, 0.717) is 12.1 Å². The molecule has 3 heteroatoms. The number of likely N-dealkylation sites (N-methyl/N-ethyl adjacent to an activating group) is 1. The first-order valence-electron chi connectivity index (χ1n) is 7.50. The molecule has 0 aliphatic carbocycles. The van der Waals surface area contributed by atoms with E-state index in [2.05, 4.69) is 41.5 Å². The molecule has 0 amide bonds. The Morgan fingerprint density at radius 3 is 2.89 bits per heavy atom. The predicted molar refractivity (Wildman–Crippen MR) is 77.6 cm³/mol. The molecule has 2 aliphatic heterocycles. The molecular formula is C16H24N2O. The molecule has 0 saturated carbocycles. The van der Waals surface area contributed by atoms with Crippen molar-refractivity contribution in [3.63, 3.8) is 0 Å². The van der Waals surface area contributed by atoms with Gasteiger partial charge in [0.05, 0.1) is 0 Å². The summed E-state index contributed by atoms with van der Waals surface area (Å²) in [6.45, 7) is 3.38. The van der Waals surface area contributed by atoms with Gasteiger partial charge in [-0.15, -0.1) is 0 Å². The Labute approximate surface area is 115 Å². The van der Waals surface area contributed by atoms with E-state index in [4.69, 9.17) is 4.74 Å². The molecule has 19 heavy (non-hydrogen) atoms. The van der Waals surface area contributed by atoms with Crippen LogP contribution in [0.5, 0.6) is 5.75 Å². The summed E-state index contributed by atoms with van der Waals surface area (Å²) in [7, 11) is 2.18. The zero-order valence-corrected chi connectivity index (χ0v) is 11.8. The van der Waals surface area contributed by atoms with Crippen molar-refractivity contribution in [3.8, 4) is 5.75 Å². The molecule has 2 aliphatic rings. The summed E-state index contributed by atoms with van der Waals surface area (Å²) >= 11 is 0. The van der Waals surface area contributed by atoms with Gasteiger partial charge in [-0.2, -0.15) is 0 Å². The zero-order valence-electron chi connectivity index (χ0n) is 11.8. The highest BCUT2D eigenvalue weighted by Gasteiger charge is 2.23. The van der Waals surface area contributed by atoms with Gasteiger partial charge in [-0.05, 0) is 51.9 Å². The molecular weight excluding hydrogens is 236 g/mol. The number of nitrogens with zero attached hydrogens (tertiary/aromatic N) is 1. The van der Waals surface area contributed by atoms with Crippen LogP contribution in [0.2, 0.25) is 0 Å². The standard InChI is InChI=1S/C16H24N2O/c1-18-11-5-6-13(12-18)19-16-9-3-2-7-14(16)15-8-4-10-17-15/h2-3,7,9,13,15,17H,4-6,8,10-12H2,1H3. The summed E-state index contributed by atoms with van der Waals surface area (Å²) in [5.41, 5.74) is 1.34. The van der Waals surface area contributed by atoms with E-state index >= 15 is 0 Å². The Morgan fingerprint density at radius 2 is 2.11 bits per heavy atom.